The smallest absolute Gasteiger partial charge is 0.301 e. The molecule has 0 bridgehead atoms. The highest BCUT2D eigenvalue weighted by Crippen LogP contribution is 2.66. The number of carbonyl (C=O) groups is 2. The molecule has 2 saturated carbocycles. The molecule has 2 aliphatic heterocycles. The zero-order valence-corrected chi connectivity index (χ0v) is 29.5. The maximum Gasteiger partial charge on any atom is 0.301 e. The lowest BCUT2D eigenvalue weighted by molar-refractivity contribution is -0.138. The van der Waals surface area contributed by atoms with E-state index in [1.54, 1.807) is 13.2 Å². The fraction of sp³-hybridized carbons (Fsp3) is 0.529. The predicted molar refractivity (Wildman–Crippen MR) is 187 cm³/mol. The van der Waals surface area contributed by atoms with E-state index < -0.39 is 21.5 Å². The molecule has 12 heteroatoms. The first kappa shape index (κ1) is 31.9. The fourth-order valence-electron chi connectivity index (χ4n) is 8.48. The largest absolute Gasteiger partial charge is 0.497 e. The van der Waals surface area contributed by atoms with Crippen LogP contribution < -0.4 is 19.5 Å². The van der Waals surface area contributed by atoms with Gasteiger partial charge in [0.2, 0.25) is 5.91 Å². The van der Waals surface area contributed by atoms with E-state index in [0.29, 0.717) is 12.5 Å². The van der Waals surface area contributed by atoms with Gasteiger partial charge in [0.05, 0.1) is 22.3 Å². The van der Waals surface area contributed by atoms with Gasteiger partial charge in [0, 0.05) is 54.1 Å². The second-order valence-electron chi connectivity index (χ2n) is 13.4. The fourth-order valence-corrected chi connectivity index (χ4v) is 10.0. The normalized spacial score (nSPS) is 25.8. The molecule has 3 N–H and O–H groups in total. The van der Waals surface area contributed by atoms with Crippen LogP contribution in [-0.2, 0) is 21.5 Å². The van der Waals surface area contributed by atoms with Gasteiger partial charge < -0.3 is 19.5 Å². The zero-order valence-electron chi connectivity index (χ0n) is 26.6. The van der Waals surface area contributed by atoms with Crippen LogP contribution in [0.4, 0.5) is 0 Å². The second-order valence-corrected chi connectivity index (χ2v) is 16.4. The lowest BCUT2D eigenvalue weighted by Crippen LogP contribution is -2.48. The third kappa shape index (κ3) is 5.23. The van der Waals surface area contributed by atoms with Crippen molar-refractivity contribution in [2.75, 3.05) is 27.7 Å². The molecule has 46 heavy (non-hydrogen) atoms. The summed E-state index contributed by atoms with van der Waals surface area (Å²) in [5.41, 5.74) is 5.17. The molecule has 7 rings (SSSR count). The molecule has 1 saturated heterocycles. The molecule has 0 radical (unpaired) electrons. The number of rotatable bonds is 8. The number of methoxy groups -OCH3 is 1. The van der Waals surface area contributed by atoms with E-state index in [0.717, 1.165) is 72.1 Å². The third-order valence-corrected chi connectivity index (χ3v) is 13.0. The molecule has 10 nitrogen and oxygen atoms in total. The summed E-state index contributed by atoms with van der Waals surface area (Å²) in [6, 6.07) is 12.0. The molecule has 2 amide bonds. The Bertz CT molecular complexity index is 1820. The maximum absolute atomic E-state index is 14.9. The van der Waals surface area contributed by atoms with E-state index in [1.165, 1.54) is 31.9 Å². The summed E-state index contributed by atoms with van der Waals surface area (Å²) in [6.45, 7) is 1.26. The Morgan fingerprint density at radius 3 is 2.54 bits per heavy atom. The number of carbonyl (C=O) groups excluding carboxylic acids is 2. The molecule has 3 fully saturated rings. The van der Waals surface area contributed by atoms with Crippen molar-refractivity contribution in [2.24, 2.45) is 5.41 Å². The first-order valence-electron chi connectivity index (χ1n) is 16.3. The van der Waals surface area contributed by atoms with Crippen LogP contribution in [0.1, 0.15) is 84.7 Å². The number of amides is 2. The number of halogens is 1. The first-order chi connectivity index (χ1) is 22.1. The highest BCUT2D eigenvalue weighted by atomic mass is 127. The summed E-state index contributed by atoms with van der Waals surface area (Å²) in [7, 11) is 0.912. The van der Waals surface area contributed by atoms with Crippen molar-refractivity contribution in [3.63, 3.8) is 0 Å². The Hall–Kier alpha value is -2.68. The zero-order chi connectivity index (χ0) is 32.4. The Balaban J connectivity index is 1.45. The van der Waals surface area contributed by atoms with Gasteiger partial charge in [-0.1, -0.05) is 47.9 Å². The molecule has 4 unspecified atom stereocenters. The van der Waals surface area contributed by atoms with E-state index in [4.69, 9.17) is 4.74 Å². The van der Waals surface area contributed by atoms with E-state index in [-0.39, 0.29) is 27.5 Å². The Labute approximate surface area is 284 Å². The summed E-state index contributed by atoms with van der Waals surface area (Å²) >= 11 is 2.43. The first-order valence-corrected chi connectivity index (χ1v) is 19.1. The van der Waals surface area contributed by atoms with Crippen LogP contribution >= 0.6 is 22.6 Å². The van der Waals surface area contributed by atoms with Crippen molar-refractivity contribution in [1.29, 1.82) is 0 Å². The third-order valence-electron chi connectivity index (χ3n) is 10.8. The SMILES string of the molecule is CNCC1CCC(I)N1C(=O)C12CC1c1cc(OC)ccc1-c1c(C3CCCCC3)c3ccc(C(=O)NS(=O)(=O)NC)cc3n1C2. The quantitative estimate of drug-likeness (QED) is 0.169. The van der Waals surface area contributed by atoms with Gasteiger partial charge in [-0.05, 0) is 86.5 Å². The summed E-state index contributed by atoms with van der Waals surface area (Å²) in [6.07, 6.45) is 8.43. The molecule has 2 aliphatic carbocycles. The number of likely N-dealkylation sites (tertiary alicyclic amines) is 1. The monoisotopic (exact) mass is 759 g/mol. The highest BCUT2D eigenvalue weighted by Gasteiger charge is 2.65. The van der Waals surface area contributed by atoms with Crippen LogP contribution in [0, 0.1) is 5.41 Å². The van der Waals surface area contributed by atoms with E-state index >= 15 is 0 Å². The van der Waals surface area contributed by atoms with Gasteiger partial charge in [0.1, 0.15) is 5.75 Å². The minimum Gasteiger partial charge on any atom is -0.497 e. The van der Waals surface area contributed by atoms with E-state index in [1.807, 2.05) is 25.2 Å². The van der Waals surface area contributed by atoms with Gasteiger partial charge in [-0.3, -0.25) is 9.59 Å². The van der Waals surface area contributed by atoms with E-state index in [9.17, 15) is 18.0 Å². The van der Waals surface area contributed by atoms with Gasteiger partial charge in [-0.2, -0.15) is 8.42 Å². The molecule has 3 aromatic rings. The predicted octanol–water partition coefficient (Wildman–Crippen LogP) is 5.02. The Kier molecular flexibility index (Phi) is 8.38. The number of hydrogen-bond donors (Lipinski definition) is 3. The van der Waals surface area contributed by atoms with Crippen molar-refractivity contribution >= 4 is 55.5 Å². The molecule has 4 atom stereocenters. The van der Waals surface area contributed by atoms with Gasteiger partial charge in [-0.25, -0.2) is 9.44 Å². The minimum atomic E-state index is -3.97. The number of hydrogen-bond acceptors (Lipinski definition) is 6. The van der Waals surface area contributed by atoms with Gasteiger partial charge >= 0.3 is 10.2 Å². The van der Waals surface area contributed by atoms with E-state index in [2.05, 4.69) is 59.0 Å². The van der Waals surface area contributed by atoms with Crippen LogP contribution in [0.5, 0.6) is 5.75 Å². The number of likely N-dealkylation sites (N-methyl/N-ethyl adjacent to an activating group) is 1. The van der Waals surface area contributed by atoms with Crippen LogP contribution in [0.2, 0.25) is 0 Å². The van der Waals surface area contributed by atoms with Crippen LogP contribution in [0.25, 0.3) is 22.2 Å². The number of alkyl halides is 1. The summed E-state index contributed by atoms with van der Waals surface area (Å²) in [5, 5.41) is 4.37. The van der Waals surface area contributed by atoms with Crippen molar-refractivity contribution in [2.45, 2.75) is 79.8 Å². The number of aromatic nitrogens is 1. The van der Waals surface area contributed by atoms with Crippen LogP contribution in [0.15, 0.2) is 36.4 Å². The average Bonchev–Trinajstić information content (AvgIpc) is 3.59. The van der Waals surface area contributed by atoms with Gasteiger partial charge in [0.15, 0.2) is 0 Å². The minimum absolute atomic E-state index is 0.0472. The highest BCUT2D eigenvalue weighted by molar-refractivity contribution is 14.1. The Morgan fingerprint density at radius 1 is 1.04 bits per heavy atom. The van der Waals surface area contributed by atoms with Gasteiger partial charge in [-0.15, -0.1) is 0 Å². The Morgan fingerprint density at radius 2 is 1.83 bits per heavy atom. The second kappa shape index (κ2) is 12.1. The molecular formula is C34H42IN5O5S. The summed E-state index contributed by atoms with van der Waals surface area (Å²) in [4.78, 5) is 30.2. The van der Waals surface area contributed by atoms with Crippen molar-refractivity contribution in [3.8, 4) is 17.0 Å². The van der Waals surface area contributed by atoms with Crippen molar-refractivity contribution < 1.29 is 22.7 Å². The van der Waals surface area contributed by atoms with Gasteiger partial charge in [0.25, 0.3) is 5.91 Å². The molecule has 4 aliphatic rings. The lowest BCUT2D eigenvalue weighted by atomic mass is 9.81. The lowest BCUT2D eigenvalue weighted by Gasteiger charge is -2.32. The molecule has 1 aromatic heterocycles. The number of nitrogens with one attached hydrogen (secondary N) is 3. The number of benzene rings is 2. The summed E-state index contributed by atoms with van der Waals surface area (Å²) in [5.74, 6) is 0.684. The van der Waals surface area contributed by atoms with Crippen LogP contribution in [-0.4, -0.2) is 67.5 Å². The summed E-state index contributed by atoms with van der Waals surface area (Å²) < 4.78 is 36.8. The molecule has 2 aromatic carbocycles. The van der Waals surface area contributed by atoms with Crippen molar-refractivity contribution in [1.82, 2.24) is 24.2 Å². The number of ether oxygens (including phenoxy) is 1. The topological polar surface area (TPSA) is 122 Å². The maximum atomic E-state index is 14.9. The van der Waals surface area contributed by atoms with Crippen molar-refractivity contribution in [3.05, 3.63) is 53.1 Å². The molecular weight excluding hydrogens is 717 g/mol. The number of fused-ring (bicyclic) bond motifs is 7. The molecule has 3 heterocycles. The number of nitrogens with zero attached hydrogens (tertiary/aromatic N) is 2. The molecule has 0 spiro atoms. The molecule has 246 valence electrons. The van der Waals surface area contributed by atoms with Crippen LogP contribution in [0.3, 0.4) is 0 Å². The average molecular weight is 760 g/mol. The standard InChI is InChI=1S/C34H42IN5O5S/c1-36-18-22-10-14-29(35)40(22)33(42)34-17-27(34)26-16-23(45-3)11-13-24(26)31-30(20-7-5-4-6-8-20)25-12-9-21(15-28(25)39(31)19-34)32(41)38-46(43,44)37-2/h9,11-13,15-16,20,22,27,29,36-37H,4-8,10,14,17-19H2,1-3H3,(H,38,41).